The first kappa shape index (κ1) is 12.2. The van der Waals surface area contributed by atoms with E-state index in [0.717, 1.165) is 31.7 Å². The molecule has 1 aliphatic carbocycles. The van der Waals surface area contributed by atoms with Gasteiger partial charge >= 0.3 is 0 Å². The molecule has 1 amide bonds. The van der Waals surface area contributed by atoms with Crippen LogP contribution in [0.15, 0.2) is 0 Å². The zero-order valence-electron chi connectivity index (χ0n) is 10.0. The predicted octanol–water partition coefficient (Wildman–Crippen LogP) is 1.33. The van der Waals surface area contributed by atoms with E-state index in [9.17, 15) is 4.79 Å². The summed E-state index contributed by atoms with van der Waals surface area (Å²) in [5, 5.41) is 0.593. The minimum absolute atomic E-state index is 0.222. The summed E-state index contributed by atoms with van der Waals surface area (Å²) < 4.78 is 0. The van der Waals surface area contributed by atoms with E-state index < -0.39 is 0 Å². The van der Waals surface area contributed by atoms with Crippen LogP contribution in [0.1, 0.15) is 26.2 Å². The van der Waals surface area contributed by atoms with Crippen LogP contribution in [0.3, 0.4) is 0 Å². The van der Waals surface area contributed by atoms with Gasteiger partial charge in [0, 0.05) is 30.0 Å². The van der Waals surface area contributed by atoms with Crippen LogP contribution >= 0.6 is 11.8 Å². The fraction of sp³-hybridized carbons (Fsp3) is 0.917. The molecule has 0 aromatic carbocycles. The molecule has 0 aromatic rings. The SMILES string of the molecule is CC1CN(C(=O)C2CCCC2CN)CCS1. The van der Waals surface area contributed by atoms with E-state index in [1.54, 1.807) is 0 Å². The quantitative estimate of drug-likeness (QED) is 0.794. The average molecular weight is 242 g/mol. The summed E-state index contributed by atoms with van der Waals surface area (Å²) in [6, 6.07) is 0. The summed E-state index contributed by atoms with van der Waals surface area (Å²) in [5.41, 5.74) is 5.74. The van der Waals surface area contributed by atoms with Crippen LogP contribution < -0.4 is 5.73 Å². The molecule has 3 unspecified atom stereocenters. The molecule has 1 saturated heterocycles. The van der Waals surface area contributed by atoms with Crippen LogP contribution in [0.25, 0.3) is 0 Å². The predicted molar refractivity (Wildman–Crippen MR) is 68.4 cm³/mol. The maximum Gasteiger partial charge on any atom is 0.226 e. The van der Waals surface area contributed by atoms with Gasteiger partial charge in [-0.3, -0.25) is 4.79 Å². The van der Waals surface area contributed by atoms with E-state index in [4.69, 9.17) is 5.73 Å². The molecule has 1 heterocycles. The van der Waals surface area contributed by atoms with Crippen LogP contribution in [0.4, 0.5) is 0 Å². The van der Waals surface area contributed by atoms with Gasteiger partial charge in [0.1, 0.15) is 0 Å². The Morgan fingerprint density at radius 1 is 1.50 bits per heavy atom. The van der Waals surface area contributed by atoms with Gasteiger partial charge in [-0.05, 0) is 25.3 Å². The van der Waals surface area contributed by atoms with E-state index in [0.29, 0.717) is 23.6 Å². The monoisotopic (exact) mass is 242 g/mol. The summed E-state index contributed by atoms with van der Waals surface area (Å²) >= 11 is 1.97. The third-order valence-electron chi connectivity index (χ3n) is 3.83. The molecule has 1 aliphatic heterocycles. The first-order chi connectivity index (χ1) is 7.72. The zero-order valence-corrected chi connectivity index (χ0v) is 10.8. The maximum atomic E-state index is 12.4. The Balaban J connectivity index is 1.95. The molecule has 0 aromatic heterocycles. The number of carbonyl (C=O) groups is 1. The number of rotatable bonds is 2. The molecule has 2 aliphatic rings. The molecule has 3 nitrogen and oxygen atoms in total. The largest absolute Gasteiger partial charge is 0.341 e. The van der Waals surface area contributed by atoms with Crippen LogP contribution in [0.5, 0.6) is 0 Å². The lowest BCUT2D eigenvalue weighted by Gasteiger charge is -2.33. The summed E-state index contributed by atoms with van der Waals surface area (Å²) in [7, 11) is 0. The Morgan fingerprint density at radius 3 is 3.00 bits per heavy atom. The van der Waals surface area contributed by atoms with Gasteiger partial charge in [0.05, 0.1) is 0 Å². The first-order valence-corrected chi connectivity index (χ1v) is 7.37. The number of amides is 1. The summed E-state index contributed by atoms with van der Waals surface area (Å²) in [5.74, 6) is 2.13. The molecule has 2 rings (SSSR count). The van der Waals surface area contributed by atoms with Crippen molar-refractivity contribution in [3.05, 3.63) is 0 Å². The highest BCUT2D eigenvalue weighted by molar-refractivity contribution is 7.99. The molecule has 0 radical (unpaired) electrons. The molecule has 0 spiro atoms. The van der Waals surface area contributed by atoms with Gasteiger partial charge in [0.25, 0.3) is 0 Å². The lowest BCUT2D eigenvalue weighted by atomic mass is 9.94. The van der Waals surface area contributed by atoms with Crippen LogP contribution in [0, 0.1) is 11.8 Å². The number of carbonyl (C=O) groups excluding carboxylic acids is 1. The number of hydrogen-bond donors (Lipinski definition) is 1. The second-order valence-corrected chi connectivity index (χ2v) is 6.55. The highest BCUT2D eigenvalue weighted by Gasteiger charge is 2.35. The van der Waals surface area contributed by atoms with Crippen LogP contribution in [-0.2, 0) is 4.79 Å². The fourth-order valence-corrected chi connectivity index (χ4v) is 3.91. The second kappa shape index (κ2) is 5.41. The third-order valence-corrected chi connectivity index (χ3v) is 4.97. The normalized spacial score (nSPS) is 35.4. The van der Waals surface area contributed by atoms with Crippen LogP contribution in [-0.4, -0.2) is 41.4 Å². The number of thioether (sulfide) groups is 1. The fourth-order valence-electron chi connectivity index (χ4n) is 2.90. The Labute approximate surface area is 102 Å². The van der Waals surface area contributed by atoms with Gasteiger partial charge in [-0.25, -0.2) is 0 Å². The molecule has 3 atom stereocenters. The van der Waals surface area contributed by atoms with Gasteiger partial charge < -0.3 is 10.6 Å². The Morgan fingerprint density at radius 2 is 2.31 bits per heavy atom. The van der Waals surface area contributed by atoms with Crippen molar-refractivity contribution in [3.63, 3.8) is 0 Å². The topological polar surface area (TPSA) is 46.3 Å². The molecule has 2 N–H and O–H groups in total. The Bertz CT molecular complexity index is 259. The van der Waals surface area contributed by atoms with E-state index in [-0.39, 0.29) is 5.92 Å². The van der Waals surface area contributed by atoms with Gasteiger partial charge in [-0.2, -0.15) is 11.8 Å². The van der Waals surface area contributed by atoms with Gasteiger partial charge in [0.2, 0.25) is 5.91 Å². The first-order valence-electron chi connectivity index (χ1n) is 6.33. The summed E-state index contributed by atoms with van der Waals surface area (Å²) in [4.78, 5) is 14.4. The molecule has 2 fully saturated rings. The van der Waals surface area contributed by atoms with E-state index in [2.05, 4.69) is 11.8 Å². The second-order valence-electron chi connectivity index (χ2n) is 5.00. The third kappa shape index (κ3) is 2.54. The van der Waals surface area contributed by atoms with Gasteiger partial charge in [-0.15, -0.1) is 0 Å². The van der Waals surface area contributed by atoms with Crippen molar-refractivity contribution in [2.45, 2.75) is 31.4 Å². The molecule has 0 bridgehead atoms. The Kier molecular flexibility index (Phi) is 4.14. The molecule has 16 heavy (non-hydrogen) atoms. The van der Waals surface area contributed by atoms with Crippen LogP contribution in [0.2, 0.25) is 0 Å². The lowest BCUT2D eigenvalue weighted by molar-refractivity contribution is -0.136. The zero-order chi connectivity index (χ0) is 11.5. The maximum absolute atomic E-state index is 12.4. The van der Waals surface area contributed by atoms with Crippen molar-refractivity contribution >= 4 is 17.7 Å². The standard InChI is InChI=1S/C12H22N2OS/c1-9-8-14(5-6-16-9)12(15)11-4-2-3-10(11)7-13/h9-11H,2-8,13H2,1H3. The number of nitrogens with zero attached hydrogens (tertiary/aromatic N) is 1. The molecule has 4 heteroatoms. The summed E-state index contributed by atoms with van der Waals surface area (Å²) in [6.45, 7) is 4.74. The van der Waals surface area contributed by atoms with Crippen molar-refractivity contribution < 1.29 is 4.79 Å². The molecule has 92 valence electrons. The van der Waals surface area contributed by atoms with Crippen molar-refractivity contribution in [3.8, 4) is 0 Å². The average Bonchev–Trinajstić information content (AvgIpc) is 2.76. The van der Waals surface area contributed by atoms with Crippen molar-refractivity contribution in [1.82, 2.24) is 4.90 Å². The Hall–Kier alpha value is -0.220. The number of nitrogens with two attached hydrogens (primary N) is 1. The summed E-state index contributed by atoms with van der Waals surface area (Å²) in [6.07, 6.45) is 3.38. The highest BCUT2D eigenvalue weighted by atomic mass is 32.2. The molecule has 1 saturated carbocycles. The van der Waals surface area contributed by atoms with Gasteiger partial charge in [0.15, 0.2) is 0 Å². The van der Waals surface area contributed by atoms with E-state index in [1.807, 2.05) is 11.8 Å². The smallest absolute Gasteiger partial charge is 0.226 e. The van der Waals surface area contributed by atoms with E-state index in [1.165, 1.54) is 6.42 Å². The molecular weight excluding hydrogens is 220 g/mol. The minimum atomic E-state index is 0.222. The van der Waals surface area contributed by atoms with Crippen molar-refractivity contribution in [1.29, 1.82) is 0 Å². The van der Waals surface area contributed by atoms with E-state index >= 15 is 0 Å². The minimum Gasteiger partial charge on any atom is -0.341 e. The number of hydrogen-bond acceptors (Lipinski definition) is 3. The highest BCUT2D eigenvalue weighted by Crippen LogP contribution is 2.33. The van der Waals surface area contributed by atoms with Gasteiger partial charge in [-0.1, -0.05) is 13.3 Å². The van der Waals surface area contributed by atoms with Crippen molar-refractivity contribution in [2.75, 3.05) is 25.4 Å². The van der Waals surface area contributed by atoms with Crippen molar-refractivity contribution in [2.24, 2.45) is 17.6 Å². The lowest BCUT2D eigenvalue weighted by Crippen LogP contribution is -2.45. The molecular formula is C12H22N2OS.